The number of hydrogen-bond donors (Lipinski definition) is 2. The minimum Gasteiger partial charge on any atom is -0.489 e. The summed E-state index contributed by atoms with van der Waals surface area (Å²) in [5.41, 5.74) is 11.0. The minimum atomic E-state index is 0.373. The maximum absolute atomic E-state index is 6.02. The molecule has 3 N–H and O–H groups in total. The molecule has 3 atom stereocenters. The molecule has 1 saturated carbocycles. The van der Waals surface area contributed by atoms with E-state index in [-0.39, 0.29) is 0 Å². The van der Waals surface area contributed by atoms with Crippen molar-refractivity contribution in [1.82, 2.24) is 10.2 Å². The fourth-order valence-corrected chi connectivity index (χ4v) is 4.66. The van der Waals surface area contributed by atoms with Crippen molar-refractivity contribution in [2.24, 2.45) is 5.73 Å². The first-order chi connectivity index (χ1) is 15.7. The lowest BCUT2D eigenvalue weighted by Gasteiger charge is -2.15. The summed E-state index contributed by atoms with van der Waals surface area (Å²) in [6, 6.07) is 28.7. The summed E-state index contributed by atoms with van der Waals surface area (Å²) in [6.45, 7) is 4.94. The highest BCUT2D eigenvalue weighted by Gasteiger charge is 2.37. The van der Waals surface area contributed by atoms with Gasteiger partial charge in [0.25, 0.3) is 0 Å². The van der Waals surface area contributed by atoms with Gasteiger partial charge in [-0.25, -0.2) is 0 Å². The molecule has 5 rings (SSSR count). The molecule has 4 heteroatoms. The molecule has 1 saturated heterocycles. The molecule has 2 aliphatic rings. The average Bonchev–Trinajstić information content (AvgIpc) is 3.50. The summed E-state index contributed by atoms with van der Waals surface area (Å²) < 4.78 is 6.02. The SMILES string of the molecule is N[C@@H]1CCN(CCNC2CC2c2ccc(OCc3ccc(-c4ccccc4)cc3)cc2)C1. The molecule has 3 aromatic carbocycles. The number of nitrogens with two attached hydrogens (primary N) is 1. The van der Waals surface area contributed by atoms with Crippen LogP contribution in [0.4, 0.5) is 0 Å². The van der Waals surface area contributed by atoms with Crippen LogP contribution in [0.2, 0.25) is 0 Å². The van der Waals surface area contributed by atoms with Gasteiger partial charge in [0, 0.05) is 37.6 Å². The summed E-state index contributed by atoms with van der Waals surface area (Å²) in [5.74, 6) is 1.56. The van der Waals surface area contributed by atoms with Crippen molar-refractivity contribution in [3.63, 3.8) is 0 Å². The van der Waals surface area contributed by atoms with Crippen LogP contribution in [0.5, 0.6) is 5.75 Å². The second-order valence-corrected chi connectivity index (χ2v) is 9.17. The number of nitrogens with one attached hydrogen (secondary N) is 1. The summed E-state index contributed by atoms with van der Waals surface area (Å²) in [7, 11) is 0. The molecule has 0 radical (unpaired) electrons. The number of likely N-dealkylation sites (tertiary alicyclic amines) is 1. The van der Waals surface area contributed by atoms with Crippen molar-refractivity contribution in [1.29, 1.82) is 0 Å². The van der Waals surface area contributed by atoms with Crippen LogP contribution in [0, 0.1) is 0 Å². The maximum atomic E-state index is 6.02. The predicted molar refractivity (Wildman–Crippen MR) is 131 cm³/mol. The molecule has 0 aromatic heterocycles. The average molecular weight is 428 g/mol. The van der Waals surface area contributed by atoms with Gasteiger partial charge in [-0.05, 0) is 53.8 Å². The largest absolute Gasteiger partial charge is 0.489 e. The quantitative estimate of drug-likeness (QED) is 0.531. The normalized spacial score (nSPS) is 22.7. The lowest BCUT2D eigenvalue weighted by atomic mass is 10.0. The Morgan fingerprint density at radius 3 is 2.38 bits per heavy atom. The standard InChI is InChI=1S/C28H33N3O/c29-25-14-16-31(19-25)17-15-30-28-18-27(28)24-10-12-26(13-11-24)32-20-21-6-8-23(9-7-21)22-4-2-1-3-5-22/h1-13,25,27-28,30H,14-20,29H2/t25-,27?,28?/m1/s1. The van der Waals surface area contributed by atoms with E-state index in [4.69, 9.17) is 10.5 Å². The fourth-order valence-electron chi connectivity index (χ4n) is 4.66. The molecule has 1 heterocycles. The van der Waals surface area contributed by atoms with Crippen molar-refractivity contribution in [3.05, 3.63) is 90.0 Å². The third-order valence-electron chi connectivity index (χ3n) is 6.71. The molecule has 0 bridgehead atoms. The van der Waals surface area contributed by atoms with E-state index in [1.165, 1.54) is 28.7 Å². The Labute approximate surface area is 191 Å². The number of benzene rings is 3. The zero-order chi connectivity index (χ0) is 21.8. The first-order valence-corrected chi connectivity index (χ1v) is 11.8. The van der Waals surface area contributed by atoms with Crippen LogP contribution in [-0.4, -0.2) is 43.2 Å². The topological polar surface area (TPSA) is 50.5 Å². The summed E-state index contributed by atoms with van der Waals surface area (Å²) >= 11 is 0. The molecule has 2 fully saturated rings. The van der Waals surface area contributed by atoms with Gasteiger partial charge in [0.15, 0.2) is 0 Å². The van der Waals surface area contributed by atoms with E-state index in [9.17, 15) is 0 Å². The fraction of sp³-hybridized carbons (Fsp3) is 0.357. The lowest BCUT2D eigenvalue weighted by molar-refractivity contribution is 0.306. The van der Waals surface area contributed by atoms with E-state index in [0.29, 0.717) is 24.6 Å². The van der Waals surface area contributed by atoms with Gasteiger partial charge >= 0.3 is 0 Å². The van der Waals surface area contributed by atoms with E-state index in [1.54, 1.807) is 0 Å². The van der Waals surface area contributed by atoms with Gasteiger partial charge in [0.05, 0.1) is 0 Å². The highest BCUT2D eigenvalue weighted by Crippen LogP contribution is 2.41. The zero-order valence-corrected chi connectivity index (χ0v) is 18.6. The molecule has 2 unspecified atom stereocenters. The lowest BCUT2D eigenvalue weighted by Crippen LogP contribution is -2.33. The second kappa shape index (κ2) is 9.86. The van der Waals surface area contributed by atoms with Crippen molar-refractivity contribution < 1.29 is 4.74 Å². The van der Waals surface area contributed by atoms with Gasteiger partial charge in [-0.15, -0.1) is 0 Å². The van der Waals surface area contributed by atoms with E-state index in [1.807, 2.05) is 6.07 Å². The Bertz CT molecular complexity index is 987. The predicted octanol–water partition coefficient (Wildman–Crippen LogP) is 4.41. The van der Waals surface area contributed by atoms with Gasteiger partial charge in [-0.3, -0.25) is 0 Å². The Morgan fingerprint density at radius 2 is 1.66 bits per heavy atom. The van der Waals surface area contributed by atoms with E-state index in [2.05, 4.69) is 83.0 Å². The summed E-state index contributed by atoms with van der Waals surface area (Å²) in [6.07, 6.45) is 2.37. The molecule has 1 aliphatic carbocycles. The van der Waals surface area contributed by atoms with Crippen LogP contribution in [0.3, 0.4) is 0 Å². The van der Waals surface area contributed by atoms with Gasteiger partial charge in [0.1, 0.15) is 12.4 Å². The second-order valence-electron chi connectivity index (χ2n) is 9.17. The minimum absolute atomic E-state index is 0.373. The van der Waals surface area contributed by atoms with Gasteiger partial charge < -0.3 is 20.7 Å². The molecule has 32 heavy (non-hydrogen) atoms. The highest BCUT2D eigenvalue weighted by molar-refractivity contribution is 5.63. The van der Waals surface area contributed by atoms with Crippen molar-refractivity contribution in [2.75, 3.05) is 26.2 Å². The summed E-state index contributed by atoms with van der Waals surface area (Å²) in [4.78, 5) is 2.47. The van der Waals surface area contributed by atoms with Gasteiger partial charge in [-0.1, -0.05) is 66.7 Å². The van der Waals surface area contributed by atoms with Crippen LogP contribution < -0.4 is 15.8 Å². The molecule has 0 amide bonds. The van der Waals surface area contributed by atoms with E-state index in [0.717, 1.165) is 38.3 Å². The van der Waals surface area contributed by atoms with Crippen LogP contribution in [0.25, 0.3) is 11.1 Å². The van der Waals surface area contributed by atoms with Crippen LogP contribution in [0.15, 0.2) is 78.9 Å². The molecule has 1 aliphatic heterocycles. The van der Waals surface area contributed by atoms with Crippen molar-refractivity contribution in [3.8, 4) is 16.9 Å². The van der Waals surface area contributed by atoms with Crippen LogP contribution in [-0.2, 0) is 6.61 Å². The van der Waals surface area contributed by atoms with Gasteiger partial charge in [0.2, 0.25) is 0 Å². The van der Waals surface area contributed by atoms with Crippen LogP contribution >= 0.6 is 0 Å². The van der Waals surface area contributed by atoms with Crippen molar-refractivity contribution >= 4 is 0 Å². The zero-order valence-electron chi connectivity index (χ0n) is 18.6. The number of ether oxygens (including phenoxy) is 1. The number of hydrogen-bond acceptors (Lipinski definition) is 4. The smallest absolute Gasteiger partial charge is 0.119 e. The highest BCUT2D eigenvalue weighted by atomic mass is 16.5. The van der Waals surface area contributed by atoms with E-state index < -0.39 is 0 Å². The van der Waals surface area contributed by atoms with Gasteiger partial charge in [-0.2, -0.15) is 0 Å². The molecular formula is C28H33N3O. The first kappa shape index (κ1) is 21.2. The molecule has 166 valence electrons. The Morgan fingerprint density at radius 1 is 0.906 bits per heavy atom. The first-order valence-electron chi connectivity index (χ1n) is 11.8. The Kier molecular flexibility index (Phi) is 6.54. The Hall–Kier alpha value is -2.66. The molecule has 4 nitrogen and oxygen atoms in total. The van der Waals surface area contributed by atoms with Crippen molar-refractivity contribution in [2.45, 2.75) is 37.5 Å². The van der Waals surface area contributed by atoms with E-state index >= 15 is 0 Å². The third-order valence-corrected chi connectivity index (χ3v) is 6.71. The third kappa shape index (κ3) is 5.39. The number of rotatable bonds is 9. The molecule has 0 spiro atoms. The molecule has 3 aromatic rings. The monoisotopic (exact) mass is 427 g/mol. The number of nitrogens with zero attached hydrogens (tertiary/aromatic N) is 1. The Balaban J connectivity index is 1.06. The van der Waals surface area contributed by atoms with Crippen LogP contribution in [0.1, 0.15) is 29.9 Å². The summed E-state index contributed by atoms with van der Waals surface area (Å²) in [5, 5.41) is 3.71. The molecular weight excluding hydrogens is 394 g/mol. The maximum Gasteiger partial charge on any atom is 0.119 e.